The van der Waals surface area contributed by atoms with Crippen LogP contribution in [0.1, 0.15) is 41.1 Å². The molecule has 2 fully saturated rings. The van der Waals surface area contributed by atoms with E-state index in [1.807, 2.05) is 13.0 Å². The van der Waals surface area contributed by atoms with Crippen molar-refractivity contribution < 1.29 is 18.7 Å². The number of nitrogens with zero attached hydrogens (tertiary/aromatic N) is 1. The molecule has 1 aliphatic heterocycles. The van der Waals surface area contributed by atoms with Gasteiger partial charge in [-0.3, -0.25) is 4.90 Å². The summed E-state index contributed by atoms with van der Waals surface area (Å²) in [6, 6.07) is 2.62. The van der Waals surface area contributed by atoms with Crippen LogP contribution in [0.25, 0.3) is 0 Å². The van der Waals surface area contributed by atoms with Crippen LogP contribution in [0.4, 0.5) is 0 Å². The fourth-order valence-electron chi connectivity index (χ4n) is 2.96. The Morgan fingerprint density at radius 1 is 1.43 bits per heavy atom. The number of hydrogen-bond donors (Lipinski definition) is 0. The summed E-state index contributed by atoms with van der Waals surface area (Å²) >= 11 is 0. The van der Waals surface area contributed by atoms with Crippen LogP contribution in [-0.4, -0.2) is 43.8 Å². The van der Waals surface area contributed by atoms with Gasteiger partial charge in [-0.25, -0.2) is 4.79 Å². The SMILES string of the molecule is COC(=O)c1oc(CN(C[C@H]2CCOC2)C2CC2)cc1C. The summed E-state index contributed by atoms with van der Waals surface area (Å²) in [5.41, 5.74) is 0.844. The molecule has 0 bridgehead atoms. The Labute approximate surface area is 125 Å². The first-order valence-corrected chi connectivity index (χ1v) is 7.66. The van der Waals surface area contributed by atoms with Gasteiger partial charge in [-0.1, -0.05) is 0 Å². The highest BCUT2D eigenvalue weighted by molar-refractivity contribution is 5.87. The molecule has 0 amide bonds. The molecule has 1 aliphatic carbocycles. The number of hydrogen-bond acceptors (Lipinski definition) is 5. The lowest BCUT2D eigenvalue weighted by Gasteiger charge is -2.23. The minimum Gasteiger partial charge on any atom is -0.463 e. The van der Waals surface area contributed by atoms with Gasteiger partial charge in [0.15, 0.2) is 0 Å². The van der Waals surface area contributed by atoms with E-state index < -0.39 is 5.97 Å². The number of esters is 1. The molecular weight excluding hydrogens is 270 g/mol. The molecule has 1 aromatic rings. The average Bonchev–Trinajstić information content (AvgIpc) is 3.08. The van der Waals surface area contributed by atoms with Gasteiger partial charge in [-0.05, 0) is 38.2 Å². The third-order valence-electron chi connectivity index (χ3n) is 4.28. The molecule has 21 heavy (non-hydrogen) atoms. The Morgan fingerprint density at radius 2 is 2.24 bits per heavy atom. The van der Waals surface area contributed by atoms with E-state index in [9.17, 15) is 4.79 Å². The van der Waals surface area contributed by atoms with Gasteiger partial charge in [-0.15, -0.1) is 0 Å². The first-order chi connectivity index (χ1) is 10.2. The highest BCUT2D eigenvalue weighted by atomic mass is 16.5. The number of carbonyl (C=O) groups is 1. The van der Waals surface area contributed by atoms with Crippen molar-refractivity contribution >= 4 is 5.97 Å². The fraction of sp³-hybridized carbons (Fsp3) is 0.688. The monoisotopic (exact) mass is 293 g/mol. The van der Waals surface area contributed by atoms with Crippen molar-refractivity contribution in [3.05, 3.63) is 23.2 Å². The van der Waals surface area contributed by atoms with E-state index in [0.717, 1.165) is 44.0 Å². The van der Waals surface area contributed by atoms with Crippen LogP contribution < -0.4 is 0 Å². The number of furan rings is 1. The lowest BCUT2D eigenvalue weighted by Crippen LogP contribution is -2.31. The van der Waals surface area contributed by atoms with Gasteiger partial charge < -0.3 is 13.9 Å². The van der Waals surface area contributed by atoms with Crippen molar-refractivity contribution in [2.75, 3.05) is 26.9 Å². The lowest BCUT2D eigenvalue weighted by atomic mass is 10.1. The Morgan fingerprint density at radius 3 is 2.86 bits per heavy atom. The third-order valence-corrected chi connectivity index (χ3v) is 4.28. The standard InChI is InChI=1S/C16H23NO4/c1-11-7-14(21-15(11)16(18)19-2)9-17(13-3-4-13)8-12-5-6-20-10-12/h7,12-13H,3-6,8-10H2,1-2H3/t12-/m1/s1. The van der Waals surface area contributed by atoms with Crippen LogP contribution in [0, 0.1) is 12.8 Å². The van der Waals surface area contributed by atoms with E-state index in [0.29, 0.717) is 17.7 Å². The number of ether oxygens (including phenoxy) is 2. The topological polar surface area (TPSA) is 51.9 Å². The maximum atomic E-state index is 11.6. The van der Waals surface area contributed by atoms with E-state index in [1.165, 1.54) is 20.0 Å². The van der Waals surface area contributed by atoms with Gasteiger partial charge in [0, 0.05) is 24.8 Å². The first-order valence-electron chi connectivity index (χ1n) is 7.66. The zero-order valence-electron chi connectivity index (χ0n) is 12.8. The molecule has 116 valence electrons. The Balaban J connectivity index is 1.66. The molecule has 3 rings (SSSR count). The van der Waals surface area contributed by atoms with E-state index >= 15 is 0 Å². The van der Waals surface area contributed by atoms with Crippen molar-refractivity contribution in [3.8, 4) is 0 Å². The van der Waals surface area contributed by atoms with Crippen LogP contribution in [0.5, 0.6) is 0 Å². The zero-order valence-corrected chi connectivity index (χ0v) is 12.8. The second-order valence-electron chi connectivity index (χ2n) is 6.11. The molecule has 2 aliphatic rings. The molecule has 0 radical (unpaired) electrons. The minimum atomic E-state index is -0.402. The molecule has 1 aromatic heterocycles. The summed E-state index contributed by atoms with van der Waals surface area (Å²) in [5.74, 6) is 1.40. The Hall–Kier alpha value is -1.33. The van der Waals surface area contributed by atoms with Crippen LogP contribution in [0.3, 0.4) is 0 Å². The van der Waals surface area contributed by atoms with Crippen LogP contribution in [0.15, 0.2) is 10.5 Å². The highest BCUT2D eigenvalue weighted by Gasteiger charge is 2.32. The van der Waals surface area contributed by atoms with Crippen molar-refractivity contribution in [2.24, 2.45) is 5.92 Å². The van der Waals surface area contributed by atoms with E-state index in [-0.39, 0.29) is 0 Å². The number of methoxy groups -OCH3 is 1. The normalized spacial score (nSPS) is 22.0. The van der Waals surface area contributed by atoms with Crippen LogP contribution in [0.2, 0.25) is 0 Å². The second-order valence-corrected chi connectivity index (χ2v) is 6.11. The van der Waals surface area contributed by atoms with Crippen LogP contribution in [-0.2, 0) is 16.0 Å². The molecule has 0 unspecified atom stereocenters. The van der Waals surface area contributed by atoms with Gasteiger partial charge in [0.25, 0.3) is 0 Å². The predicted molar refractivity (Wildman–Crippen MR) is 77.1 cm³/mol. The highest BCUT2D eigenvalue weighted by Crippen LogP contribution is 2.31. The first kappa shape index (κ1) is 14.6. The zero-order chi connectivity index (χ0) is 14.8. The van der Waals surface area contributed by atoms with Gasteiger partial charge in [0.2, 0.25) is 5.76 Å². The summed E-state index contributed by atoms with van der Waals surface area (Å²) in [5, 5.41) is 0. The smallest absolute Gasteiger partial charge is 0.374 e. The Kier molecular flexibility index (Phi) is 4.31. The fourth-order valence-corrected chi connectivity index (χ4v) is 2.96. The average molecular weight is 293 g/mol. The molecule has 1 saturated heterocycles. The summed E-state index contributed by atoms with van der Waals surface area (Å²) in [6.07, 6.45) is 3.67. The summed E-state index contributed by atoms with van der Waals surface area (Å²) in [6.45, 7) is 5.45. The molecular formula is C16H23NO4. The van der Waals surface area contributed by atoms with Crippen molar-refractivity contribution in [2.45, 2.75) is 38.8 Å². The van der Waals surface area contributed by atoms with E-state index in [4.69, 9.17) is 13.9 Å². The quantitative estimate of drug-likeness (QED) is 0.754. The molecule has 1 saturated carbocycles. The number of aryl methyl sites for hydroxylation is 1. The van der Waals surface area contributed by atoms with Gasteiger partial charge in [-0.2, -0.15) is 0 Å². The van der Waals surface area contributed by atoms with E-state index in [2.05, 4.69) is 4.90 Å². The van der Waals surface area contributed by atoms with Crippen LogP contribution >= 0.6 is 0 Å². The van der Waals surface area contributed by atoms with E-state index in [1.54, 1.807) is 0 Å². The second kappa shape index (κ2) is 6.20. The number of rotatable bonds is 6. The maximum Gasteiger partial charge on any atom is 0.374 e. The summed E-state index contributed by atoms with van der Waals surface area (Å²) in [4.78, 5) is 14.1. The maximum absolute atomic E-state index is 11.6. The predicted octanol–water partition coefficient (Wildman–Crippen LogP) is 2.38. The minimum absolute atomic E-state index is 0.326. The molecule has 5 heteroatoms. The van der Waals surface area contributed by atoms with Gasteiger partial charge >= 0.3 is 5.97 Å². The van der Waals surface area contributed by atoms with Gasteiger partial charge in [0.05, 0.1) is 20.3 Å². The molecule has 0 spiro atoms. The molecule has 0 aromatic carbocycles. The summed E-state index contributed by atoms with van der Waals surface area (Å²) < 4.78 is 15.9. The van der Waals surface area contributed by atoms with Crippen molar-refractivity contribution in [1.82, 2.24) is 4.90 Å². The molecule has 0 N–H and O–H groups in total. The molecule has 1 atom stereocenters. The van der Waals surface area contributed by atoms with Gasteiger partial charge in [0.1, 0.15) is 5.76 Å². The largest absolute Gasteiger partial charge is 0.463 e. The molecule has 2 heterocycles. The lowest BCUT2D eigenvalue weighted by molar-refractivity contribution is 0.0559. The van der Waals surface area contributed by atoms with Crippen molar-refractivity contribution in [1.29, 1.82) is 0 Å². The summed E-state index contributed by atoms with van der Waals surface area (Å²) in [7, 11) is 1.38. The molecule has 5 nitrogen and oxygen atoms in total. The van der Waals surface area contributed by atoms with Crippen molar-refractivity contribution in [3.63, 3.8) is 0 Å². The third kappa shape index (κ3) is 3.47. The Bertz CT molecular complexity index is 500. The number of carbonyl (C=O) groups excluding carboxylic acids is 1.